The number of aryl methyl sites for hydroxylation is 1. The highest BCUT2D eigenvalue weighted by molar-refractivity contribution is 5.64. The molecule has 3 rings (SSSR count). The quantitative estimate of drug-likeness (QED) is 0.668. The average molecular weight is 307 g/mol. The number of nitriles is 1. The van der Waals surface area contributed by atoms with E-state index in [0.717, 1.165) is 36.8 Å². The zero-order valence-electron chi connectivity index (χ0n) is 13.8. The van der Waals surface area contributed by atoms with Crippen LogP contribution in [0.1, 0.15) is 49.7 Å². The zero-order valence-corrected chi connectivity index (χ0v) is 13.8. The van der Waals surface area contributed by atoms with Gasteiger partial charge in [0.15, 0.2) is 0 Å². The monoisotopic (exact) mass is 307 g/mol. The molecular formula is C21H22FN. The van der Waals surface area contributed by atoms with Gasteiger partial charge in [-0.15, -0.1) is 0 Å². The van der Waals surface area contributed by atoms with Crippen molar-refractivity contribution in [2.45, 2.75) is 45.4 Å². The largest absolute Gasteiger partial charge is 0.207 e. The number of hydrogen-bond donors (Lipinski definition) is 0. The fraction of sp³-hybridized carbons (Fsp3) is 0.381. The van der Waals surface area contributed by atoms with Gasteiger partial charge in [0.1, 0.15) is 5.82 Å². The standard InChI is InChI=1S/C21H22FN/c1-15-3-4-19(13-20(15)22)17-7-5-16(6-8-17)18-9-11-21(2,14-23)12-10-18/h3-8,13,18H,9-12H2,1-2H3. The molecule has 1 saturated carbocycles. The molecule has 1 fully saturated rings. The Kier molecular flexibility index (Phi) is 4.22. The fourth-order valence-corrected chi connectivity index (χ4v) is 3.42. The van der Waals surface area contributed by atoms with Crippen molar-refractivity contribution in [3.63, 3.8) is 0 Å². The van der Waals surface area contributed by atoms with Crippen molar-refractivity contribution in [2.24, 2.45) is 5.41 Å². The fourth-order valence-electron chi connectivity index (χ4n) is 3.42. The molecule has 23 heavy (non-hydrogen) atoms. The van der Waals surface area contributed by atoms with Gasteiger partial charge < -0.3 is 0 Å². The smallest absolute Gasteiger partial charge is 0.126 e. The summed E-state index contributed by atoms with van der Waals surface area (Å²) in [6.07, 6.45) is 4.09. The molecule has 1 aliphatic carbocycles. The van der Waals surface area contributed by atoms with Gasteiger partial charge in [0.2, 0.25) is 0 Å². The molecule has 0 atom stereocenters. The Labute approximate surface area is 137 Å². The van der Waals surface area contributed by atoms with Gasteiger partial charge in [0, 0.05) is 0 Å². The van der Waals surface area contributed by atoms with Gasteiger partial charge in [-0.2, -0.15) is 5.26 Å². The van der Waals surface area contributed by atoms with E-state index in [4.69, 9.17) is 0 Å². The molecule has 2 aromatic carbocycles. The first kappa shape index (κ1) is 15.7. The molecule has 0 N–H and O–H groups in total. The second-order valence-electron chi connectivity index (χ2n) is 7.03. The molecule has 0 spiro atoms. The molecule has 1 nitrogen and oxygen atoms in total. The second-order valence-corrected chi connectivity index (χ2v) is 7.03. The van der Waals surface area contributed by atoms with Gasteiger partial charge in [0.25, 0.3) is 0 Å². The van der Waals surface area contributed by atoms with E-state index < -0.39 is 0 Å². The van der Waals surface area contributed by atoms with Gasteiger partial charge in [-0.05, 0) is 73.8 Å². The van der Waals surface area contributed by atoms with Crippen LogP contribution in [0.2, 0.25) is 0 Å². The Morgan fingerprint density at radius 1 is 1.04 bits per heavy atom. The van der Waals surface area contributed by atoms with Gasteiger partial charge >= 0.3 is 0 Å². The summed E-state index contributed by atoms with van der Waals surface area (Å²) in [7, 11) is 0. The molecule has 0 amide bonds. The molecule has 2 aromatic rings. The van der Waals surface area contributed by atoms with Crippen LogP contribution >= 0.6 is 0 Å². The third-order valence-corrected chi connectivity index (χ3v) is 5.25. The lowest BCUT2D eigenvalue weighted by Gasteiger charge is -2.32. The first-order chi connectivity index (χ1) is 11.0. The van der Waals surface area contributed by atoms with Crippen LogP contribution in [0.4, 0.5) is 4.39 Å². The van der Waals surface area contributed by atoms with Crippen LogP contribution in [0.25, 0.3) is 11.1 Å². The molecule has 0 aliphatic heterocycles. The van der Waals surface area contributed by atoms with E-state index in [1.807, 2.05) is 12.1 Å². The van der Waals surface area contributed by atoms with Crippen molar-refractivity contribution in [2.75, 3.05) is 0 Å². The summed E-state index contributed by atoms with van der Waals surface area (Å²) < 4.78 is 13.7. The number of benzene rings is 2. The molecule has 0 radical (unpaired) electrons. The summed E-state index contributed by atoms with van der Waals surface area (Å²) in [5.74, 6) is 0.384. The van der Waals surface area contributed by atoms with Crippen LogP contribution in [0.15, 0.2) is 42.5 Å². The Bertz CT molecular complexity index is 731. The number of nitrogens with zero attached hydrogens (tertiary/aromatic N) is 1. The van der Waals surface area contributed by atoms with E-state index in [-0.39, 0.29) is 11.2 Å². The highest BCUT2D eigenvalue weighted by Crippen LogP contribution is 2.42. The van der Waals surface area contributed by atoms with E-state index in [1.54, 1.807) is 13.0 Å². The lowest BCUT2D eigenvalue weighted by Crippen LogP contribution is -2.21. The zero-order chi connectivity index (χ0) is 16.4. The lowest BCUT2D eigenvalue weighted by atomic mass is 9.71. The minimum Gasteiger partial charge on any atom is -0.207 e. The van der Waals surface area contributed by atoms with E-state index >= 15 is 0 Å². The van der Waals surface area contributed by atoms with Crippen molar-refractivity contribution in [3.05, 3.63) is 59.4 Å². The van der Waals surface area contributed by atoms with E-state index in [2.05, 4.69) is 37.3 Å². The summed E-state index contributed by atoms with van der Waals surface area (Å²) in [6, 6.07) is 16.3. The van der Waals surface area contributed by atoms with E-state index in [9.17, 15) is 9.65 Å². The summed E-state index contributed by atoms with van der Waals surface area (Å²) in [5, 5.41) is 9.23. The maximum atomic E-state index is 13.7. The molecular weight excluding hydrogens is 285 g/mol. The lowest BCUT2D eigenvalue weighted by molar-refractivity contribution is 0.270. The van der Waals surface area contributed by atoms with E-state index in [0.29, 0.717) is 11.5 Å². The van der Waals surface area contributed by atoms with Crippen LogP contribution in [-0.2, 0) is 0 Å². The summed E-state index contributed by atoms with van der Waals surface area (Å²) >= 11 is 0. The SMILES string of the molecule is Cc1ccc(-c2ccc(C3CCC(C)(C#N)CC3)cc2)cc1F. The second kappa shape index (κ2) is 6.16. The van der Waals surface area contributed by atoms with Crippen molar-refractivity contribution in [3.8, 4) is 17.2 Å². The average Bonchev–Trinajstić information content (AvgIpc) is 2.58. The normalized spacial score (nSPS) is 24.2. The Morgan fingerprint density at radius 3 is 2.22 bits per heavy atom. The van der Waals surface area contributed by atoms with E-state index in [1.165, 1.54) is 5.56 Å². The Morgan fingerprint density at radius 2 is 1.65 bits per heavy atom. The number of rotatable bonds is 2. The highest BCUT2D eigenvalue weighted by Gasteiger charge is 2.31. The maximum Gasteiger partial charge on any atom is 0.126 e. The van der Waals surface area contributed by atoms with Gasteiger partial charge in [-0.3, -0.25) is 0 Å². The molecule has 0 unspecified atom stereocenters. The molecule has 2 heteroatoms. The molecule has 0 bridgehead atoms. The van der Waals surface area contributed by atoms with Crippen LogP contribution in [0, 0.1) is 29.5 Å². The van der Waals surface area contributed by atoms with Crippen LogP contribution in [0.5, 0.6) is 0 Å². The Hall–Kier alpha value is -2.14. The maximum absolute atomic E-state index is 13.7. The van der Waals surface area contributed by atoms with Crippen LogP contribution in [-0.4, -0.2) is 0 Å². The van der Waals surface area contributed by atoms with Crippen molar-refractivity contribution in [1.29, 1.82) is 5.26 Å². The van der Waals surface area contributed by atoms with Crippen molar-refractivity contribution < 1.29 is 4.39 Å². The minimum atomic E-state index is -0.158. The van der Waals surface area contributed by atoms with Crippen molar-refractivity contribution >= 4 is 0 Å². The van der Waals surface area contributed by atoms with Gasteiger partial charge in [-0.25, -0.2) is 4.39 Å². The summed E-state index contributed by atoms with van der Waals surface area (Å²) in [6.45, 7) is 3.85. The highest BCUT2D eigenvalue weighted by atomic mass is 19.1. The first-order valence-corrected chi connectivity index (χ1v) is 8.28. The van der Waals surface area contributed by atoms with Crippen LogP contribution in [0.3, 0.4) is 0 Å². The van der Waals surface area contributed by atoms with Crippen molar-refractivity contribution in [1.82, 2.24) is 0 Å². The number of hydrogen-bond acceptors (Lipinski definition) is 1. The van der Waals surface area contributed by atoms with Gasteiger partial charge in [-0.1, -0.05) is 36.4 Å². The molecule has 1 aliphatic rings. The third-order valence-electron chi connectivity index (χ3n) is 5.25. The number of halogens is 1. The minimum absolute atomic E-state index is 0.143. The topological polar surface area (TPSA) is 23.8 Å². The van der Waals surface area contributed by atoms with Gasteiger partial charge in [0.05, 0.1) is 11.5 Å². The molecule has 118 valence electrons. The summed E-state index contributed by atoms with van der Waals surface area (Å²) in [4.78, 5) is 0. The van der Waals surface area contributed by atoms with Crippen LogP contribution < -0.4 is 0 Å². The predicted molar refractivity (Wildman–Crippen MR) is 91.5 cm³/mol. The summed E-state index contributed by atoms with van der Waals surface area (Å²) in [5.41, 5.74) is 3.83. The first-order valence-electron chi connectivity index (χ1n) is 8.28. The molecule has 0 aromatic heterocycles. The third kappa shape index (κ3) is 3.29. The molecule has 0 heterocycles. The Balaban J connectivity index is 1.75. The molecule has 0 saturated heterocycles. The predicted octanol–water partition coefficient (Wildman–Crippen LogP) is 5.99.